The van der Waals surface area contributed by atoms with E-state index in [1.807, 2.05) is 61.5 Å². The second-order valence-electron chi connectivity index (χ2n) is 10.3. The van der Waals surface area contributed by atoms with E-state index in [0.717, 1.165) is 27.5 Å². The molecule has 6 rings (SSSR count). The lowest BCUT2D eigenvalue weighted by Gasteiger charge is -2.24. The number of esters is 1. The number of fused-ring (bicyclic) bond motifs is 2. The smallest absolute Gasteiger partial charge is 0.338 e. The van der Waals surface area contributed by atoms with Crippen LogP contribution < -0.4 is 19.6 Å². The molecule has 0 saturated carbocycles. The maximum atomic E-state index is 14.1. The van der Waals surface area contributed by atoms with E-state index < -0.39 is 12.0 Å². The zero-order chi connectivity index (χ0) is 30.1. The van der Waals surface area contributed by atoms with E-state index in [1.165, 1.54) is 11.3 Å². The minimum absolute atomic E-state index is 0.219. The Morgan fingerprint density at radius 2 is 1.79 bits per heavy atom. The van der Waals surface area contributed by atoms with Gasteiger partial charge in [0.25, 0.3) is 5.56 Å². The largest absolute Gasteiger partial charge is 0.488 e. The van der Waals surface area contributed by atoms with Crippen LogP contribution in [0.5, 0.6) is 5.75 Å². The Morgan fingerprint density at radius 1 is 1.02 bits per heavy atom. The van der Waals surface area contributed by atoms with Gasteiger partial charge in [-0.15, -0.1) is 0 Å². The van der Waals surface area contributed by atoms with E-state index in [9.17, 15) is 9.59 Å². The molecule has 0 N–H and O–H groups in total. The van der Waals surface area contributed by atoms with E-state index >= 15 is 0 Å². The first kappa shape index (κ1) is 28.6. The SMILES string of the molecule is CCOC(=O)C1=C(C)N=c2s/c(=C\c3cc(Cl)ccc3OCc3cccc4ccccc34)c(=O)n2[C@@H]1c1ccc(C)cc1. The van der Waals surface area contributed by atoms with Crippen LogP contribution in [0.25, 0.3) is 16.8 Å². The van der Waals surface area contributed by atoms with Crippen molar-refractivity contribution >= 4 is 45.8 Å². The molecule has 2 heterocycles. The standard InChI is InChI=1S/C35H29ClN2O4S/c1-4-41-34(40)31-22(3)37-35-38(32(31)24-14-12-21(2)13-15-24)33(39)30(43-35)19-26-18-27(36)16-17-29(26)42-20-25-10-7-9-23-8-5-6-11-28(23)25/h5-19,32H,4,20H2,1-3H3/b30-19-/t32-/m1/s1. The predicted molar refractivity (Wildman–Crippen MR) is 171 cm³/mol. The summed E-state index contributed by atoms with van der Waals surface area (Å²) in [6, 6.07) is 26.8. The lowest BCUT2D eigenvalue weighted by atomic mass is 9.95. The first-order valence-electron chi connectivity index (χ1n) is 14.0. The van der Waals surface area contributed by atoms with E-state index in [4.69, 9.17) is 21.1 Å². The zero-order valence-electron chi connectivity index (χ0n) is 24.0. The van der Waals surface area contributed by atoms with Crippen molar-refractivity contribution in [1.29, 1.82) is 0 Å². The van der Waals surface area contributed by atoms with Gasteiger partial charge in [-0.25, -0.2) is 9.79 Å². The number of rotatable bonds is 7. The van der Waals surface area contributed by atoms with Crippen molar-refractivity contribution in [2.45, 2.75) is 33.4 Å². The van der Waals surface area contributed by atoms with Crippen LogP contribution in [-0.2, 0) is 16.1 Å². The Kier molecular flexibility index (Phi) is 8.02. The summed E-state index contributed by atoms with van der Waals surface area (Å²) in [7, 11) is 0. The Labute approximate surface area is 257 Å². The van der Waals surface area contributed by atoms with Gasteiger partial charge in [-0.1, -0.05) is 95.2 Å². The summed E-state index contributed by atoms with van der Waals surface area (Å²) in [5.74, 6) is 0.115. The number of hydrogen-bond acceptors (Lipinski definition) is 6. The molecule has 0 radical (unpaired) electrons. The van der Waals surface area contributed by atoms with Gasteiger partial charge >= 0.3 is 5.97 Å². The summed E-state index contributed by atoms with van der Waals surface area (Å²) in [4.78, 5) is 32.4. The minimum atomic E-state index is -0.667. The second kappa shape index (κ2) is 12.0. The Hall–Kier alpha value is -4.46. The maximum absolute atomic E-state index is 14.1. The third-order valence-electron chi connectivity index (χ3n) is 7.43. The van der Waals surface area contributed by atoms with Gasteiger partial charge in [0.05, 0.1) is 28.5 Å². The summed E-state index contributed by atoms with van der Waals surface area (Å²) in [5.41, 5.74) is 4.22. The van der Waals surface area contributed by atoms with Crippen LogP contribution >= 0.6 is 22.9 Å². The number of allylic oxidation sites excluding steroid dienone is 1. The number of nitrogens with zero attached hydrogens (tertiary/aromatic N) is 2. The van der Waals surface area contributed by atoms with E-state index in [2.05, 4.69) is 23.2 Å². The summed E-state index contributed by atoms with van der Waals surface area (Å²) in [6.07, 6.45) is 1.78. The first-order valence-corrected chi connectivity index (χ1v) is 15.2. The van der Waals surface area contributed by atoms with Crippen LogP contribution in [0, 0.1) is 6.92 Å². The van der Waals surface area contributed by atoms with Crippen molar-refractivity contribution in [3.8, 4) is 5.75 Å². The van der Waals surface area contributed by atoms with Crippen LogP contribution in [0.15, 0.2) is 106 Å². The van der Waals surface area contributed by atoms with E-state index in [1.54, 1.807) is 36.6 Å². The zero-order valence-corrected chi connectivity index (χ0v) is 25.5. The molecule has 0 unspecified atom stereocenters. The molecule has 6 nitrogen and oxygen atoms in total. The van der Waals surface area contributed by atoms with Crippen molar-refractivity contribution in [2.75, 3.05) is 6.61 Å². The summed E-state index contributed by atoms with van der Waals surface area (Å²) in [6.45, 7) is 6.10. The van der Waals surface area contributed by atoms with Crippen molar-refractivity contribution in [3.05, 3.63) is 143 Å². The number of hydrogen-bond donors (Lipinski definition) is 0. The molecule has 0 fully saturated rings. The van der Waals surface area contributed by atoms with Gasteiger partial charge < -0.3 is 9.47 Å². The number of carbonyl (C=O) groups excluding carboxylic acids is 1. The number of ether oxygens (including phenoxy) is 2. The average Bonchev–Trinajstić information content (AvgIpc) is 3.30. The van der Waals surface area contributed by atoms with E-state index in [0.29, 0.717) is 43.5 Å². The molecule has 1 aliphatic rings. The van der Waals surface area contributed by atoms with Crippen LogP contribution in [0.4, 0.5) is 0 Å². The Bertz CT molecular complexity index is 2070. The van der Waals surface area contributed by atoms with Crippen molar-refractivity contribution in [3.63, 3.8) is 0 Å². The van der Waals surface area contributed by atoms with Gasteiger partial charge in [0.1, 0.15) is 12.4 Å². The molecule has 1 atom stereocenters. The number of benzene rings is 4. The summed E-state index contributed by atoms with van der Waals surface area (Å²) >= 11 is 7.67. The van der Waals surface area contributed by atoms with Crippen LogP contribution in [0.1, 0.15) is 42.1 Å². The molecule has 0 aliphatic carbocycles. The molecule has 0 spiro atoms. The second-order valence-corrected chi connectivity index (χ2v) is 11.8. The molecular weight excluding hydrogens is 580 g/mol. The predicted octanol–water partition coefficient (Wildman–Crippen LogP) is 6.49. The normalized spacial score (nSPS) is 14.9. The highest BCUT2D eigenvalue weighted by Gasteiger charge is 2.33. The molecule has 8 heteroatoms. The molecule has 1 aliphatic heterocycles. The van der Waals surface area contributed by atoms with Gasteiger partial charge in [0.2, 0.25) is 0 Å². The minimum Gasteiger partial charge on any atom is -0.488 e. The van der Waals surface area contributed by atoms with E-state index in [-0.39, 0.29) is 12.2 Å². The molecule has 43 heavy (non-hydrogen) atoms. The molecule has 0 saturated heterocycles. The monoisotopic (exact) mass is 608 g/mol. The molecule has 4 aromatic carbocycles. The number of halogens is 1. The molecule has 1 aromatic heterocycles. The third-order valence-corrected chi connectivity index (χ3v) is 8.65. The van der Waals surface area contributed by atoms with Gasteiger partial charge in [-0.3, -0.25) is 9.36 Å². The van der Waals surface area contributed by atoms with Crippen molar-refractivity contribution in [2.24, 2.45) is 4.99 Å². The Balaban J connectivity index is 1.44. The van der Waals surface area contributed by atoms with Gasteiger partial charge in [0, 0.05) is 10.6 Å². The number of aromatic nitrogens is 1. The first-order chi connectivity index (χ1) is 20.8. The number of aryl methyl sites for hydroxylation is 1. The maximum Gasteiger partial charge on any atom is 0.338 e. The molecule has 5 aromatic rings. The molecule has 0 amide bonds. The van der Waals surface area contributed by atoms with Crippen LogP contribution in [0.3, 0.4) is 0 Å². The fraction of sp³-hybridized carbons (Fsp3) is 0.171. The third kappa shape index (κ3) is 5.66. The number of carbonyl (C=O) groups is 1. The van der Waals surface area contributed by atoms with Gasteiger partial charge in [-0.05, 0) is 66.9 Å². The lowest BCUT2D eigenvalue weighted by molar-refractivity contribution is -0.139. The highest BCUT2D eigenvalue weighted by molar-refractivity contribution is 7.07. The summed E-state index contributed by atoms with van der Waals surface area (Å²) in [5, 5.41) is 2.79. The molecular formula is C35H29ClN2O4S. The van der Waals surface area contributed by atoms with Gasteiger partial charge in [-0.2, -0.15) is 0 Å². The molecule has 0 bridgehead atoms. The molecule has 216 valence electrons. The Morgan fingerprint density at radius 3 is 2.58 bits per heavy atom. The summed E-state index contributed by atoms with van der Waals surface area (Å²) < 4.78 is 13.7. The quantitative estimate of drug-likeness (QED) is 0.198. The lowest BCUT2D eigenvalue weighted by Crippen LogP contribution is -2.39. The van der Waals surface area contributed by atoms with Gasteiger partial charge in [0.15, 0.2) is 4.80 Å². The average molecular weight is 609 g/mol. The fourth-order valence-electron chi connectivity index (χ4n) is 5.33. The van der Waals surface area contributed by atoms with Crippen molar-refractivity contribution in [1.82, 2.24) is 4.57 Å². The highest BCUT2D eigenvalue weighted by atomic mass is 35.5. The highest BCUT2D eigenvalue weighted by Crippen LogP contribution is 2.31. The fourth-order valence-corrected chi connectivity index (χ4v) is 6.55. The van der Waals surface area contributed by atoms with Crippen LogP contribution in [-0.4, -0.2) is 17.1 Å². The number of thiazole rings is 1. The van der Waals surface area contributed by atoms with Crippen molar-refractivity contribution < 1.29 is 14.3 Å². The topological polar surface area (TPSA) is 69.9 Å². The van der Waals surface area contributed by atoms with Crippen LogP contribution in [0.2, 0.25) is 5.02 Å².